The summed E-state index contributed by atoms with van der Waals surface area (Å²) in [7, 11) is 0. The first-order chi connectivity index (χ1) is 14.4. The van der Waals surface area contributed by atoms with Crippen LogP contribution in [0.2, 0.25) is 0 Å². The number of carbonyl (C=O) groups excluding carboxylic acids is 2. The number of aryl methyl sites for hydroxylation is 2. The Balaban J connectivity index is 1.66. The molecule has 1 atom stereocenters. The Morgan fingerprint density at radius 2 is 1.50 bits per heavy atom. The highest BCUT2D eigenvalue weighted by molar-refractivity contribution is 5.98. The van der Waals surface area contributed by atoms with Crippen molar-refractivity contribution in [2.75, 3.05) is 31.1 Å². The van der Waals surface area contributed by atoms with Crippen LogP contribution in [0.4, 0.5) is 5.69 Å². The second-order valence-electron chi connectivity index (χ2n) is 8.57. The zero-order chi connectivity index (χ0) is 21.7. The summed E-state index contributed by atoms with van der Waals surface area (Å²) in [5, 5.41) is 3.01. The van der Waals surface area contributed by atoms with Crippen molar-refractivity contribution in [3.8, 4) is 0 Å². The van der Waals surface area contributed by atoms with Gasteiger partial charge in [-0.1, -0.05) is 50.2 Å². The predicted octanol–water partition coefficient (Wildman–Crippen LogP) is 3.80. The topological polar surface area (TPSA) is 52.7 Å². The number of piperazine rings is 1. The molecule has 30 heavy (non-hydrogen) atoms. The van der Waals surface area contributed by atoms with E-state index in [1.54, 1.807) is 0 Å². The van der Waals surface area contributed by atoms with E-state index in [4.69, 9.17) is 0 Å². The first-order valence-electron chi connectivity index (χ1n) is 10.8. The SMILES string of the molecule is Cc1ccccc1C(=O)N[C@H](CC(C)C)C(=O)N1CCN(c2ccccc2C)CC1. The summed E-state index contributed by atoms with van der Waals surface area (Å²) >= 11 is 0. The summed E-state index contributed by atoms with van der Waals surface area (Å²) in [6, 6.07) is 15.3. The van der Waals surface area contributed by atoms with Gasteiger partial charge in [0.2, 0.25) is 5.91 Å². The van der Waals surface area contributed by atoms with Crippen molar-refractivity contribution in [3.63, 3.8) is 0 Å². The number of amides is 2. The molecule has 1 fully saturated rings. The van der Waals surface area contributed by atoms with Crippen LogP contribution in [-0.4, -0.2) is 48.9 Å². The number of rotatable bonds is 6. The smallest absolute Gasteiger partial charge is 0.252 e. The fraction of sp³-hybridized carbons (Fsp3) is 0.440. The van der Waals surface area contributed by atoms with E-state index < -0.39 is 6.04 Å². The lowest BCUT2D eigenvalue weighted by atomic mass is 10.0. The number of para-hydroxylation sites is 1. The maximum atomic E-state index is 13.3. The average molecular weight is 408 g/mol. The Morgan fingerprint density at radius 1 is 0.900 bits per heavy atom. The van der Waals surface area contributed by atoms with Crippen molar-refractivity contribution in [2.45, 2.75) is 40.2 Å². The maximum absolute atomic E-state index is 13.3. The molecule has 1 aliphatic heterocycles. The van der Waals surface area contributed by atoms with Gasteiger partial charge in [0.05, 0.1) is 0 Å². The van der Waals surface area contributed by atoms with Gasteiger partial charge in [0.1, 0.15) is 6.04 Å². The summed E-state index contributed by atoms with van der Waals surface area (Å²) in [6.45, 7) is 11.1. The minimum absolute atomic E-state index is 0.0232. The van der Waals surface area contributed by atoms with E-state index in [1.807, 2.05) is 42.2 Å². The monoisotopic (exact) mass is 407 g/mol. The lowest BCUT2D eigenvalue weighted by Gasteiger charge is -2.38. The summed E-state index contributed by atoms with van der Waals surface area (Å²) < 4.78 is 0. The van der Waals surface area contributed by atoms with Gasteiger partial charge in [-0.05, 0) is 49.4 Å². The molecule has 0 spiro atoms. The molecular weight excluding hydrogens is 374 g/mol. The quantitative estimate of drug-likeness (QED) is 0.793. The van der Waals surface area contributed by atoms with Gasteiger partial charge in [-0.2, -0.15) is 0 Å². The molecule has 2 aromatic carbocycles. The van der Waals surface area contributed by atoms with E-state index in [0.717, 1.165) is 18.7 Å². The van der Waals surface area contributed by atoms with Crippen molar-refractivity contribution < 1.29 is 9.59 Å². The highest BCUT2D eigenvalue weighted by atomic mass is 16.2. The van der Waals surface area contributed by atoms with E-state index in [0.29, 0.717) is 31.0 Å². The molecule has 1 N–H and O–H groups in total. The molecule has 3 rings (SSSR count). The zero-order valence-electron chi connectivity index (χ0n) is 18.5. The number of benzene rings is 2. The van der Waals surface area contributed by atoms with Gasteiger partial charge in [0.15, 0.2) is 0 Å². The molecule has 0 saturated carbocycles. The molecule has 2 aromatic rings. The van der Waals surface area contributed by atoms with E-state index in [1.165, 1.54) is 11.3 Å². The van der Waals surface area contributed by atoms with Crippen LogP contribution < -0.4 is 10.2 Å². The van der Waals surface area contributed by atoms with Gasteiger partial charge in [-0.25, -0.2) is 0 Å². The molecule has 1 heterocycles. The molecule has 0 bridgehead atoms. The normalized spacial score (nSPS) is 15.2. The average Bonchev–Trinajstić information content (AvgIpc) is 2.73. The number of hydrogen-bond donors (Lipinski definition) is 1. The van der Waals surface area contributed by atoms with Crippen LogP contribution in [0.25, 0.3) is 0 Å². The van der Waals surface area contributed by atoms with Crippen molar-refractivity contribution in [3.05, 3.63) is 65.2 Å². The Labute approximate surface area is 180 Å². The molecule has 0 aromatic heterocycles. The lowest BCUT2D eigenvalue weighted by Crippen LogP contribution is -2.55. The first kappa shape index (κ1) is 21.9. The fourth-order valence-corrected chi connectivity index (χ4v) is 4.06. The second-order valence-corrected chi connectivity index (χ2v) is 8.57. The molecular formula is C25H33N3O2. The van der Waals surface area contributed by atoms with Crippen LogP contribution in [0.3, 0.4) is 0 Å². The molecule has 1 aliphatic rings. The first-order valence-corrected chi connectivity index (χ1v) is 10.8. The van der Waals surface area contributed by atoms with Crippen LogP contribution in [0.1, 0.15) is 41.8 Å². The van der Waals surface area contributed by atoms with Crippen molar-refractivity contribution in [1.82, 2.24) is 10.2 Å². The third-order valence-electron chi connectivity index (χ3n) is 5.75. The number of carbonyl (C=O) groups is 2. The predicted molar refractivity (Wildman–Crippen MR) is 122 cm³/mol. The van der Waals surface area contributed by atoms with Crippen molar-refractivity contribution in [1.29, 1.82) is 0 Å². The van der Waals surface area contributed by atoms with Crippen LogP contribution >= 0.6 is 0 Å². The van der Waals surface area contributed by atoms with Gasteiger partial charge in [-0.3, -0.25) is 9.59 Å². The van der Waals surface area contributed by atoms with Gasteiger partial charge in [-0.15, -0.1) is 0 Å². The number of anilines is 1. The lowest BCUT2D eigenvalue weighted by molar-refractivity contribution is -0.134. The van der Waals surface area contributed by atoms with Crippen LogP contribution in [0, 0.1) is 19.8 Å². The van der Waals surface area contributed by atoms with Crippen LogP contribution in [0.15, 0.2) is 48.5 Å². The van der Waals surface area contributed by atoms with Crippen molar-refractivity contribution >= 4 is 17.5 Å². The second kappa shape index (κ2) is 9.79. The standard InChI is InChI=1S/C25H33N3O2/c1-18(2)17-22(26-24(29)21-11-7-5-9-19(21)3)25(30)28-15-13-27(14-16-28)23-12-8-6-10-20(23)4/h5-12,18,22H,13-17H2,1-4H3,(H,26,29)/t22-/m1/s1. The minimum atomic E-state index is -0.498. The van der Waals surface area contributed by atoms with Crippen LogP contribution in [-0.2, 0) is 4.79 Å². The molecule has 0 radical (unpaired) electrons. The van der Waals surface area contributed by atoms with E-state index in [2.05, 4.69) is 49.2 Å². The van der Waals surface area contributed by atoms with Gasteiger partial charge in [0.25, 0.3) is 5.91 Å². The van der Waals surface area contributed by atoms with E-state index >= 15 is 0 Å². The summed E-state index contributed by atoms with van der Waals surface area (Å²) in [5.41, 5.74) is 4.03. The molecule has 0 aliphatic carbocycles. The molecule has 160 valence electrons. The Morgan fingerprint density at radius 3 is 2.10 bits per heavy atom. The third-order valence-corrected chi connectivity index (χ3v) is 5.75. The van der Waals surface area contributed by atoms with Crippen LogP contribution in [0.5, 0.6) is 0 Å². The summed E-state index contributed by atoms with van der Waals surface area (Å²) in [5.74, 6) is 0.157. The number of nitrogens with zero attached hydrogens (tertiary/aromatic N) is 2. The third kappa shape index (κ3) is 5.21. The number of hydrogen-bond acceptors (Lipinski definition) is 3. The fourth-order valence-electron chi connectivity index (χ4n) is 4.06. The highest BCUT2D eigenvalue weighted by Crippen LogP contribution is 2.21. The van der Waals surface area contributed by atoms with E-state index in [9.17, 15) is 9.59 Å². The molecule has 5 heteroatoms. The van der Waals surface area contributed by atoms with E-state index in [-0.39, 0.29) is 11.8 Å². The molecule has 2 amide bonds. The largest absolute Gasteiger partial charge is 0.368 e. The summed E-state index contributed by atoms with van der Waals surface area (Å²) in [4.78, 5) is 30.4. The van der Waals surface area contributed by atoms with Gasteiger partial charge >= 0.3 is 0 Å². The zero-order valence-corrected chi connectivity index (χ0v) is 18.5. The molecule has 0 unspecified atom stereocenters. The number of nitrogens with one attached hydrogen (secondary N) is 1. The van der Waals surface area contributed by atoms with Gasteiger partial charge in [0, 0.05) is 37.4 Å². The molecule has 5 nitrogen and oxygen atoms in total. The maximum Gasteiger partial charge on any atom is 0.252 e. The minimum Gasteiger partial charge on any atom is -0.368 e. The Kier molecular flexibility index (Phi) is 7.14. The van der Waals surface area contributed by atoms with Gasteiger partial charge < -0.3 is 15.1 Å². The Bertz CT molecular complexity index is 885. The summed E-state index contributed by atoms with van der Waals surface area (Å²) in [6.07, 6.45) is 0.633. The Hall–Kier alpha value is -2.82. The van der Waals surface area contributed by atoms with Crippen molar-refractivity contribution in [2.24, 2.45) is 5.92 Å². The highest BCUT2D eigenvalue weighted by Gasteiger charge is 2.30. The molecule has 1 saturated heterocycles.